The molecule has 0 bridgehead atoms. The monoisotopic (exact) mass is 283 g/mol. The highest BCUT2D eigenvalue weighted by Crippen LogP contribution is 2.28. The zero-order valence-corrected chi connectivity index (χ0v) is 12.1. The highest BCUT2D eigenvalue weighted by Gasteiger charge is 2.10. The fraction of sp³-hybridized carbons (Fsp3) is 0.267. The zero-order chi connectivity index (χ0) is 14.7. The molecule has 108 valence electrons. The number of nitrogens with zero attached hydrogens (tertiary/aromatic N) is 4. The van der Waals surface area contributed by atoms with Crippen molar-refractivity contribution in [1.29, 1.82) is 0 Å². The number of ether oxygens (including phenoxy) is 1. The van der Waals surface area contributed by atoms with Gasteiger partial charge in [0.05, 0.1) is 23.3 Å². The number of aryl methyl sites for hydroxylation is 1. The van der Waals surface area contributed by atoms with Crippen LogP contribution in [0.15, 0.2) is 36.7 Å². The number of hydrogen-bond donors (Lipinski definition) is 1. The smallest absolute Gasteiger partial charge is 0.232 e. The van der Waals surface area contributed by atoms with E-state index >= 15 is 0 Å². The maximum atomic E-state index is 5.89. The van der Waals surface area contributed by atoms with Crippen LogP contribution in [-0.2, 0) is 6.54 Å². The van der Waals surface area contributed by atoms with E-state index in [1.807, 2.05) is 49.0 Å². The van der Waals surface area contributed by atoms with Gasteiger partial charge >= 0.3 is 0 Å². The van der Waals surface area contributed by atoms with E-state index in [2.05, 4.69) is 20.4 Å². The minimum atomic E-state index is 0.534. The van der Waals surface area contributed by atoms with E-state index in [0.29, 0.717) is 17.6 Å². The van der Waals surface area contributed by atoms with Crippen molar-refractivity contribution in [3.8, 4) is 11.6 Å². The topological polar surface area (TPSA) is 64.9 Å². The summed E-state index contributed by atoms with van der Waals surface area (Å²) in [4.78, 5) is 8.91. The maximum absolute atomic E-state index is 5.89. The molecule has 1 N–H and O–H groups in total. The highest BCUT2D eigenvalue weighted by molar-refractivity contribution is 5.84. The molecule has 2 aromatic heterocycles. The molecule has 6 heteroatoms. The Morgan fingerprint density at radius 2 is 2.05 bits per heavy atom. The maximum Gasteiger partial charge on any atom is 0.232 e. The molecule has 0 radical (unpaired) electrons. The van der Waals surface area contributed by atoms with Crippen LogP contribution < -0.4 is 10.1 Å². The zero-order valence-electron chi connectivity index (χ0n) is 12.1. The predicted octanol–water partition coefficient (Wildman–Crippen LogP) is 3.07. The van der Waals surface area contributed by atoms with Crippen LogP contribution in [0.25, 0.3) is 10.9 Å². The average molecular weight is 283 g/mol. The Morgan fingerprint density at radius 3 is 2.81 bits per heavy atom. The van der Waals surface area contributed by atoms with Gasteiger partial charge in [-0.1, -0.05) is 12.1 Å². The van der Waals surface area contributed by atoms with Crippen LogP contribution >= 0.6 is 0 Å². The van der Waals surface area contributed by atoms with Gasteiger partial charge in [-0.15, -0.1) is 0 Å². The summed E-state index contributed by atoms with van der Waals surface area (Å²) in [5.74, 6) is 1.77. The van der Waals surface area contributed by atoms with Gasteiger partial charge in [-0.2, -0.15) is 10.1 Å². The lowest BCUT2D eigenvalue weighted by Crippen LogP contribution is -2.03. The van der Waals surface area contributed by atoms with Crippen LogP contribution in [0.1, 0.15) is 13.8 Å². The van der Waals surface area contributed by atoms with Crippen LogP contribution in [0.5, 0.6) is 11.6 Å². The second-order valence-electron chi connectivity index (χ2n) is 4.53. The number of anilines is 1. The van der Waals surface area contributed by atoms with Crippen LogP contribution in [0.2, 0.25) is 0 Å². The molecule has 1 aromatic carbocycles. The van der Waals surface area contributed by atoms with Gasteiger partial charge in [-0.3, -0.25) is 4.68 Å². The molecule has 21 heavy (non-hydrogen) atoms. The Bertz CT molecular complexity index is 753. The first-order valence-electron chi connectivity index (χ1n) is 7.01. The summed E-state index contributed by atoms with van der Waals surface area (Å²) in [6.07, 6.45) is 3.54. The first-order valence-corrected chi connectivity index (χ1v) is 7.01. The predicted molar refractivity (Wildman–Crippen MR) is 81.7 cm³/mol. The summed E-state index contributed by atoms with van der Waals surface area (Å²) >= 11 is 0. The second-order valence-corrected chi connectivity index (χ2v) is 4.53. The van der Waals surface area contributed by atoms with E-state index < -0.39 is 0 Å². The van der Waals surface area contributed by atoms with E-state index in [4.69, 9.17) is 4.74 Å². The molecule has 0 spiro atoms. The molecule has 0 fully saturated rings. The SMILES string of the molecule is CCNc1nc(Oc2cnn(CC)c2)c2ccccc2n1. The lowest BCUT2D eigenvalue weighted by atomic mass is 10.2. The molecule has 0 aliphatic carbocycles. The van der Waals surface area contributed by atoms with Crippen molar-refractivity contribution in [2.45, 2.75) is 20.4 Å². The van der Waals surface area contributed by atoms with Crippen molar-refractivity contribution in [2.24, 2.45) is 0 Å². The number of hydrogen-bond acceptors (Lipinski definition) is 5. The Balaban J connectivity index is 2.02. The standard InChI is InChI=1S/C15H17N5O/c1-3-16-15-18-13-8-6-5-7-12(13)14(19-15)21-11-9-17-20(4-2)10-11/h5-10H,3-4H2,1-2H3,(H,16,18,19). The fourth-order valence-electron chi connectivity index (χ4n) is 2.04. The molecule has 0 atom stereocenters. The average Bonchev–Trinajstić information content (AvgIpc) is 2.95. The molecule has 0 unspecified atom stereocenters. The minimum Gasteiger partial charge on any atom is -0.435 e. The summed E-state index contributed by atoms with van der Waals surface area (Å²) in [5.41, 5.74) is 0.848. The number of aromatic nitrogens is 4. The van der Waals surface area contributed by atoms with Gasteiger partial charge < -0.3 is 10.1 Å². The molecule has 6 nitrogen and oxygen atoms in total. The molecule has 0 aliphatic heterocycles. The van der Waals surface area contributed by atoms with Crippen molar-refractivity contribution in [1.82, 2.24) is 19.7 Å². The van der Waals surface area contributed by atoms with Crippen LogP contribution in [0.4, 0.5) is 5.95 Å². The van der Waals surface area contributed by atoms with Crippen molar-refractivity contribution in [2.75, 3.05) is 11.9 Å². The van der Waals surface area contributed by atoms with E-state index in [9.17, 15) is 0 Å². The molecule has 0 saturated heterocycles. The van der Waals surface area contributed by atoms with Gasteiger partial charge in [0.15, 0.2) is 5.75 Å². The quantitative estimate of drug-likeness (QED) is 0.779. The fourth-order valence-corrected chi connectivity index (χ4v) is 2.04. The Kier molecular flexibility index (Phi) is 3.68. The van der Waals surface area contributed by atoms with Crippen LogP contribution in [-0.4, -0.2) is 26.3 Å². The third kappa shape index (κ3) is 2.79. The summed E-state index contributed by atoms with van der Waals surface area (Å²) in [5, 5.41) is 8.20. The van der Waals surface area contributed by atoms with Crippen molar-refractivity contribution in [3.05, 3.63) is 36.7 Å². The first-order chi connectivity index (χ1) is 10.3. The van der Waals surface area contributed by atoms with Gasteiger partial charge in [0.1, 0.15) is 0 Å². The Hall–Kier alpha value is -2.63. The molecule has 2 heterocycles. The summed E-state index contributed by atoms with van der Waals surface area (Å²) in [6, 6.07) is 7.79. The van der Waals surface area contributed by atoms with Gasteiger partial charge in [0.25, 0.3) is 0 Å². The lowest BCUT2D eigenvalue weighted by Gasteiger charge is -2.09. The molecular weight excluding hydrogens is 266 g/mol. The number of para-hydroxylation sites is 1. The van der Waals surface area contributed by atoms with E-state index in [1.165, 1.54) is 0 Å². The molecular formula is C15H17N5O. The Morgan fingerprint density at radius 1 is 1.19 bits per heavy atom. The third-order valence-corrected chi connectivity index (χ3v) is 3.05. The van der Waals surface area contributed by atoms with Gasteiger partial charge in [-0.05, 0) is 26.0 Å². The van der Waals surface area contributed by atoms with E-state index in [-0.39, 0.29) is 0 Å². The summed E-state index contributed by atoms with van der Waals surface area (Å²) in [7, 11) is 0. The minimum absolute atomic E-state index is 0.534. The molecule has 3 aromatic rings. The first kappa shape index (κ1) is 13.4. The largest absolute Gasteiger partial charge is 0.435 e. The van der Waals surface area contributed by atoms with E-state index in [1.54, 1.807) is 6.20 Å². The molecule has 3 rings (SSSR count). The number of fused-ring (bicyclic) bond motifs is 1. The highest BCUT2D eigenvalue weighted by atomic mass is 16.5. The number of rotatable bonds is 5. The van der Waals surface area contributed by atoms with Crippen molar-refractivity contribution < 1.29 is 4.74 Å². The van der Waals surface area contributed by atoms with Crippen molar-refractivity contribution in [3.63, 3.8) is 0 Å². The van der Waals surface area contributed by atoms with Gasteiger partial charge in [0.2, 0.25) is 11.8 Å². The lowest BCUT2D eigenvalue weighted by molar-refractivity contribution is 0.467. The third-order valence-electron chi connectivity index (χ3n) is 3.05. The molecule has 0 saturated carbocycles. The van der Waals surface area contributed by atoms with Gasteiger partial charge in [-0.25, -0.2) is 4.98 Å². The number of benzene rings is 1. The van der Waals surface area contributed by atoms with E-state index in [0.717, 1.165) is 24.0 Å². The Labute approximate surface area is 122 Å². The van der Waals surface area contributed by atoms with Crippen LogP contribution in [0.3, 0.4) is 0 Å². The van der Waals surface area contributed by atoms with Crippen molar-refractivity contribution >= 4 is 16.9 Å². The summed E-state index contributed by atoms with van der Waals surface area (Å²) < 4.78 is 7.70. The van der Waals surface area contributed by atoms with Gasteiger partial charge in [0, 0.05) is 13.1 Å². The second kappa shape index (κ2) is 5.78. The summed E-state index contributed by atoms with van der Waals surface area (Å²) in [6.45, 7) is 5.59. The molecule has 0 amide bonds. The molecule has 0 aliphatic rings. The normalized spacial score (nSPS) is 10.8. The van der Waals surface area contributed by atoms with Crippen LogP contribution in [0, 0.1) is 0 Å². The number of nitrogens with one attached hydrogen (secondary N) is 1.